The van der Waals surface area contributed by atoms with Crippen molar-refractivity contribution in [3.63, 3.8) is 0 Å². The molecule has 6 nitrogen and oxygen atoms in total. The Morgan fingerprint density at radius 3 is 2.89 bits per heavy atom. The highest BCUT2D eigenvalue weighted by atomic mass is 16.5. The lowest BCUT2D eigenvalue weighted by Crippen LogP contribution is -2.59. The van der Waals surface area contributed by atoms with Gasteiger partial charge >= 0.3 is 5.97 Å². The van der Waals surface area contributed by atoms with E-state index in [1.165, 1.54) is 56.8 Å². The van der Waals surface area contributed by atoms with Gasteiger partial charge in [0, 0.05) is 38.8 Å². The number of likely N-dealkylation sites (tertiary alicyclic amines) is 2. The van der Waals surface area contributed by atoms with Gasteiger partial charge in [0.2, 0.25) is 0 Å². The van der Waals surface area contributed by atoms with E-state index < -0.39 is 0 Å². The average molecular weight is 370 g/mol. The van der Waals surface area contributed by atoms with Crippen molar-refractivity contribution < 1.29 is 9.53 Å². The molecule has 0 unspecified atom stereocenters. The van der Waals surface area contributed by atoms with Crippen molar-refractivity contribution in [3.8, 4) is 0 Å². The van der Waals surface area contributed by atoms with Crippen LogP contribution in [-0.4, -0.2) is 67.1 Å². The van der Waals surface area contributed by atoms with Gasteiger partial charge in [0.1, 0.15) is 5.82 Å². The van der Waals surface area contributed by atoms with E-state index in [2.05, 4.69) is 32.0 Å². The summed E-state index contributed by atoms with van der Waals surface area (Å²) >= 11 is 0. The topological polar surface area (TPSA) is 57.7 Å². The van der Waals surface area contributed by atoms with Crippen LogP contribution in [0.25, 0.3) is 0 Å². The van der Waals surface area contributed by atoms with Crippen molar-refractivity contribution in [1.29, 1.82) is 0 Å². The first-order chi connectivity index (χ1) is 13.2. The lowest BCUT2D eigenvalue weighted by molar-refractivity contribution is -0.134. The third kappa shape index (κ3) is 4.33. The number of hydrogen-bond donors (Lipinski definition) is 1. The number of aromatic nitrogens is 1. The number of carbonyl (C=O) groups is 1. The van der Waals surface area contributed by atoms with E-state index in [9.17, 15) is 4.79 Å². The van der Waals surface area contributed by atoms with Crippen molar-refractivity contribution in [3.05, 3.63) is 35.5 Å². The monoisotopic (exact) mass is 370 g/mol. The van der Waals surface area contributed by atoms with Gasteiger partial charge in [-0.1, -0.05) is 12.1 Å². The summed E-state index contributed by atoms with van der Waals surface area (Å²) in [5, 5.41) is 3.43. The van der Waals surface area contributed by atoms with Gasteiger partial charge in [-0.3, -0.25) is 9.80 Å². The van der Waals surface area contributed by atoms with Crippen LogP contribution in [0.5, 0.6) is 0 Å². The molecule has 6 heteroatoms. The second-order valence-corrected chi connectivity index (χ2v) is 8.21. The first-order valence-electron chi connectivity index (χ1n) is 10.1. The Hall–Kier alpha value is -1.92. The maximum atomic E-state index is 11.1. The zero-order valence-corrected chi connectivity index (χ0v) is 16.2. The molecule has 146 valence electrons. The quantitative estimate of drug-likeness (QED) is 0.633. The number of anilines is 1. The van der Waals surface area contributed by atoms with Crippen LogP contribution >= 0.6 is 0 Å². The van der Waals surface area contributed by atoms with Gasteiger partial charge < -0.3 is 10.1 Å². The summed E-state index contributed by atoms with van der Waals surface area (Å²) in [6, 6.07) is 4.45. The summed E-state index contributed by atoms with van der Waals surface area (Å²) in [5.74, 6) is 0.825. The fraction of sp³-hybridized carbons (Fsp3) is 0.619. The van der Waals surface area contributed by atoms with E-state index in [0.29, 0.717) is 5.41 Å². The number of fused-ring (bicyclic) bond motifs is 1. The molecule has 0 aromatic carbocycles. The second-order valence-electron chi connectivity index (χ2n) is 8.21. The molecule has 2 saturated heterocycles. The van der Waals surface area contributed by atoms with Crippen LogP contribution in [-0.2, 0) is 22.5 Å². The maximum Gasteiger partial charge on any atom is 0.330 e. The molecule has 4 rings (SSSR count). The van der Waals surface area contributed by atoms with Crippen LogP contribution in [0.15, 0.2) is 24.3 Å². The zero-order chi connectivity index (χ0) is 18.7. The Bertz CT molecular complexity index is 702. The highest BCUT2D eigenvalue weighted by Gasteiger charge is 2.44. The van der Waals surface area contributed by atoms with Crippen molar-refractivity contribution in [2.45, 2.75) is 32.2 Å². The molecular formula is C21H30N4O2. The third-order valence-corrected chi connectivity index (χ3v) is 6.19. The fourth-order valence-corrected chi connectivity index (χ4v) is 4.59. The van der Waals surface area contributed by atoms with E-state index in [-0.39, 0.29) is 5.97 Å². The number of ether oxygens (including phenoxy) is 1. The molecule has 0 radical (unpaired) electrons. The standard InChI is InChI=1S/C21H30N4O2/c1-27-19(26)5-3-11-24-12-8-21(9-13-24)15-25(16-21)14-18-7-6-17-4-2-10-22-20(17)23-18/h3,5-7H,2,4,8-16H2,1H3,(H,22,23)/b5-3+. The number of methoxy groups -OCH3 is 1. The van der Waals surface area contributed by atoms with Gasteiger partial charge in [-0.05, 0) is 55.8 Å². The van der Waals surface area contributed by atoms with Gasteiger partial charge in [0.25, 0.3) is 0 Å². The molecule has 3 aliphatic heterocycles. The second kappa shape index (κ2) is 7.98. The van der Waals surface area contributed by atoms with Crippen LogP contribution in [0.2, 0.25) is 0 Å². The average Bonchev–Trinajstić information content (AvgIpc) is 2.68. The van der Waals surface area contributed by atoms with Gasteiger partial charge in [-0.15, -0.1) is 0 Å². The number of nitrogens with one attached hydrogen (secondary N) is 1. The van der Waals surface area contributed by atoms with Crippen LogP contribution in [0, 0.1) is 5.41 Å². The van der Waals surface area contributed by atoms with Crippen LogP contribution in [0.1, 0.15) is 30.5 Å². The molecule has 0 amide bonds. The molecule has 0 atom stereocenters. The number of hydrogen-bond acceptors (Lipinski definition) is 6. The third-order valence-electron chi connectivity index (χ3n) is 6.19. The smallest absolute Gasteiger partial charge is 0.330 e. The maximum absolute atomic E-state index is 11.1. The number of aryl methyl sites for hydroxylation is 1. The predicted octanol–water partition coefficient (Wildman–Crippen LogP) is 2.07. The Labute approximate surface area is 161 Å². The molecule has 0 bridgehead atoms. The van der Waals surface area contributed by atoms with Crippen molar-refractivity contribution in [1.82, 2.24) is 14.8 Å². The van der Waals surface area contributed by atoms with E-state index in [4.69, 9.17) is 4.98 Å². The molecule has 1 N–H and O–H groups in total. The predicted molar refractivity (Wildman–Crippen MR) is 106 cm³/mol. The van der Waals surface area contributed by atoms with Crippen LogP contribution in [0.4, 0.5) is 5.82 Å². The largest absolute Gasteiger partial charge is 0.466 e. The summed E-state index contributed by atoms with van der Waals surface area (Å²) < 4.78 is 4.63. The highest BCUT2D eigenvalue weighted by molar-refractivity contribution is 5.81. The molecule has 27 heavy (non-hydrogen) atoms. The lowest BCUT2D eigenvalue weighted by Gasteiger charge is -2.54. The molecule has 0 saturated carbocycles. The molecule has 0 aliphatic carbocycles. The normalized spacial score (nSPS) is 22.3. The zero-order valence-electron chi connectivity index (χ0n) is 16.2. The minimum Gasteiger partial charge on any atom is -0.466 e. The Balaban J connectivity index is 1.22. The van der Waals surface area contributed by atoms with Crippen molar-refractivity contribution in [2.24, 2.45) is 5.41 Å². The van der Waals surface area contributed by atoms with Gasteiger partial charge in [-0.2, -0.15) is 0 Å². The van der Waals surface area contributed by atoms with Crippen molar-refractivity contribution in [2.75, 3.05) is 51.7 Å². The number of nitrogens with zero attached hydrogens (tertiary/aromatic N) is 3. The first-order valence-corrected chi connectivity index (χ1v) is 10.1. The van der Waals surface area contributed by atoms with Crippen LogP contribution < -0.4 is 5.32 Å². The Morgan fingerprint density at radius 1 is 1.30 bits per heavy atom. The molecule has 1 aromatic rings. The number of rotatable bonds is 5. The SMILES string of the molecule is COC(=O)/C=C/CN1CCC2(CC1)CN(Cc1ccc3c(n1)NCCC3)C2. The molecule has 1 spiro atoms. The van der Waals surface area contributed by atoms with Gasteiger partial charge in [-0.25, -0.2) is 9.78 Å². The minimum absolute atomic E-state index is 0.274. The van der Waals surface area contributed by atoms with E-state index >= 15 is 0 Å². The summed E-state index contributed by atoms with van der Waals surface area (Å²) in [5.41, 5.74) is 3.04. The Kier molecular flexibility index (Phi) is 5.45. The number of esters is 1. The molecular weight excluding hydrogens is 340 g/mol. The van der Waals surface area contributed by atoms with Gasteiger partial charge in [0.05, 0.1) is 12.8 Å². The Morgan fingerprint density at radius 2 is 2.11 bits per heavy atom. The molecule has 1 aromatic heterocycles. The summed E-state index contributed by atoms with van der Waals surface area (Å²) in [7, 11) is 1.41. The molecule has 3 aliphatic rings. The molecule has 4 heterocycles. The number of piperidine rings is 1. The lowest BCUT2D eigenvalue weighted by atomic mass is 9.72. The number of pyridine rings is 1. The highest BCUT2D eigenvalue weighted by Crippen LogP contribution is 2.41. The molecule has 2 fully saturated rings. The fourth-order valence-electron chi connectivity index (χ4n) is 4.59. The summed E-state index contributed by atoms with van der Waals surface area (Å²) in [6.07, 6.45) is 8.28. The first kappa shape index (κ1) is 18.4. The van der Waals surface area contributed by atoms with Gasteiger partial charge in [0.15, 0.2) is 0 Å². The van der Waals surface area contributed by atoms with Crippen molar-refractivity contribution >= 4 is 11.8 Å². The van der Waals surface area contributed by atoms with E-state index in [1.54, 1.807) is 0 Å². The van der Waals surface area contributed by atoms with E-state index in [1.807, 2.05) is 6.08 Å². The summed E-state index contributed by atoms with van der Waals surface area (Å²) in [4.78, 5) is 20.9. The number of carbonyl (C=O) groups excluding carboxylic acids is 1. The van der Waals surface area contributed by atoms with E-state index in [0.717, 1.165) is 45.0 Å². The minimum atomic E-state index is -0.274. The summed E-state index contributed by atoms with van der Waals surface area (Å²) in [6.45, 7) is 7.43. The van der Waals surface area contributed by atoms with Crippen LogP contribution in [0.3, 0.4) is 0 Å².